The number of amides is 2. The maximum atomic E-state index is 14.5. The van der Waals surface area contributed by atoms with Crippen molar-refractivity contribution in [3.05, 3.63) is 60.2 Å². The molecule has 1 aromatic rings. The second-order valence-corrected chi connectivity index (χ2v) is 11.0. The Bertz CT molecular complexity index is 1130. The van der Waals surface area contributed by atoms with Gasteiger partial charge < -0.3 is 24.4 Å². The van der Waals surface area contributed by atoms with Gasteiger partial charge >= 0.3 is 5.97 Å². The smallest absolute Gasteiger partial charge is 0.313 e. The van der Waals surface area contributed by atoms with Crippen LogP contribution in [0.5, 0.6) is 0 Å². The molecule has 0 saturated carbocycles. The molecular formula is C30H38N2O6. The molecule has 5 rings (SSSR count). The van der Waals surface area contributed by atoms with Crippen LogP contribution in [0.2, 0.25) is 0 Å². The van der Waals surface area contributed by atoms with Crippen LogP contribution < -0.4 is 0 Å². The summed E-state index contributed by atoms with van der Waals surface area (Å²) in [6.07, 6.45) is 9.92. The lowest BCUT2D eigenvalue weighted by Gasteiger charge is -2.41. The summed E-state index contributed by atoms with van der Waals surface area (Å²) in [5, 5.41) is 10.6. The van der Waals surface area contributed by atoms with E-state index in [2.05, 4.69) is 6.92 Å². The fourth-order valence-electron chi connectivity index (χ4n) is 7.05. The monoisotopic (exact) mass is 522 g/mol. The van der Waals surface area contributed by atoms with E-state index >= 15 is 0 Å². The zero-order valence-electron chi connectivity index (χ0n) is 22.4. The molecular weight excluding hydrogens is 484 g/mol. The maximum Gasteiger partial charge on any atom is 0.313 e. The average Bonchev–Trinajstić information content (AvgIpc) is 3.20. The molecule has 4 heterocycles. The highest BCUT2D eigenvalue weighted by Gasteiger charge is 2.76. The van der Waals surface area contributed by atoms with Gasteiger partial charge in [0.25, 0.3) is 0 Å². The predicted molar refractivity (Wildman–Crippen MR) is 141 cm³/mol. The molecule has 204 valence electrons. The molecule has 38 heavy (non-hydrogen) atoms. The second kappa shape index (κ2) is 10.3. The number of hydrogen-bond donors (Lipinski definition) is 1. The van der Waals surface area contributed by atoms with E-state index in [0.717, 1.165) is 18.4 Å². The predicted octanol–water partition coefficient (Wildman–Crippen LogP) is 2.65. The maximum absolute atomic E-state index is 14.5. The Balaban J connectivity index is 1.65. The second-order valence-electron chi connectivity index (χ2n) is 11.0. The van der Waals surface area contributed by atoms with Gasteiger partial charge in [0.15, 0.2) is 0 Å². The molecule has 8 heteroatoms. The summed E-state index contributed by atoms with van der Waals surface area (Å²) in [7, 11) is 0. The molecule has 2 saturated heterocycles. The van der Waals surface area contributed by atoms with E-state index in [4.69, 9.17) is 9.47 Å². The third-order valence-electron chi connectivity index (χ3n) is 8.82. The summed E-state index contributed by atoms with van der Waals surface area (Å²) in [4.78, 5) is 45.7. The average molecular weight is 523 g/mol. The number of cyclic esters (lactones) is 1. The normalized spacial score (nSPS) is 33.8. The SMILES string of the molecule is CCCC(C)N1CC=C[C@]23O[C@@]4(CC)C=CCOC(=O)[C@H]4[C@H]2C(=O)N([C@@H](CO)Cc2ccccc2)C3C1=O. The van der Waals surface area contributed by atoms with Crippen LogP contribution in [0.4, 0.5) is 0 Å². The molecule has 4 aliphatic rings. The van der Waals surface area contributed by atoms with Crippen LogP contribution in [0.1, 0.15) is 45.6 Å². The van der Waals surface area contributed by atoms with E-state index in [9.17, 15) is 19.5 Å². The number of fused-ring (bicyclic) bond motifs is 2. The number of nitrogens with zero attached hydrogens (tertiary/aromatic N) is 2. The van der Waals surface area contributed by atoms with E-state index in [1.165, 1.54) is 4.90 Å². The zero-order chi connectivity index (χ0) is 27.1. The van der Waals surface area contributed by atoms with Crippen LogP contribution in [0.25, 0.3) is 0 Å². The van der Waals surface area contributed by atoms with Gasteiger partial charge in [0.1, 0.15) is 29.8 Å². The minimum atomic E-state index is -1.35. The van der Waals surface area contributed by atoms with Crippen molar-refractivity contribution in [2.45, 2.75) is 75.8 Å². The number of aliphatic hydroxyl groups excluding tert-OH is 1. The number of carbonyl (C=O) groups excluding carboxylic acids is 3. The van der Waals surface area contributed by atoms with Gasteiger partial charge in [0.05, 0.1) is 18.6 Å². The zero-order valence-corrected chi connectivity index (χ0v) is 22.4. The van der Waals surface area contributed by atoms with E-state index < -0.39 is 41.1 Å². The van der Waals surface area contributed by atoms with Gasteiger partial charge in [-0.05, 0) is 37.8 Å². The first-order chi connectivity index (χ1) is 18.3. The van der Waals surface area contributed by atoms with Gasteiger partial charge in [-0.1, -0.05) is 68.8 Å². The molecule has 1 aromatic carbocycles. The Morgan fingerprint density at radius 2 is 1.82 bits per heavy atom. The molecule has 7 atom stereocenters. The fraction of sp³-hybridized carbons (Fsp3) is 0.567. The lowest BCUT2D eigenvalue weighted by atomic mass is 9.73. The summed E-state index contributed by atoms with van der Waals surface area (Å²) in [6, 6.07) is 7.91. The minimum Gasteiger partial charge on any atom is -0.461 e. The molecule has 2 fully saturated rings. The molecule has 0 aliphatic carbocycles. The van der Waals surface area contributed by atoms with Gasteiger partial charge in [-0.3, -0.25) is 14.4 Å². The number of likely N-dealkylation sites (tertiary alicyclic amines) is 1. The largest absolute Gasteiger partial charge is 0.461 e. The topological polar surface area (TPSA) is 96.4 Å². The highest BCUT2D eigenvalue weighted by atomic mass is 16.6. The lowest BCUT2D eigenvalue weighted by Crippen LogP contribution is -2.60. The number of benzene rings is 1. The summed E-state index contributed by atoms with van der Waals surface area (Å²) in [5.41, 5.74) is -1.46. The summed E-state index contributed by atoms with van der Waals surface area (Å²) < 4.78 is 12.4. The van der Waals surface area contributed by atoms with Crippen LogP contribution in [-0.2, 0) is 30.3 Å². The molecule has 0 radical (unpaired) electrons. The van der Waals surface area contributed by atoms with Gasteiger partial charge in [-0.25, -0.2) is 0 Å². The Kier molecular flexibility index (Phi) is 7.22. The third-order valence-corrected chi connectivity index (χ3v) is 8.82. The van der Waals surface area contributed by atoms with Gasteiger partial charge in [0.2, 0.25) is 11.8 Å². The number of carbonyl (C=O) groups is 3. The molecule has 1 N–H and O–H groups in total. The first-order valence-corrected chi connectivity index (χ1v) is 13.8. The highest BCUT2D eigenvalue weighted by molar-refractivity contribution is 5.99. The summed E-state index contributed by atoms with van der Waals surface area (Å²) >= 11 is 0. The van der Waals surface area contributed by atoms with Crippen LogP contribution in [0.3, 0.4) is 0 Å². The number of aliphatic hydroxyl groups is 1. The van der Waals surface area contributed by atoms with Gasteiger partial charge in [-0.15, -0.1) is 0 Å². The van der Waals surface area contributed by atoms with Crippen molar-refractivity contribution in [2.75, 3.05) is 19.8 Å². The minimum absolute atomic E-state index is 0.0399. The number of esters is 1. The summed E-state index contributed by atoms with van der Waals surface area (Å²) in [5.74, 6) is -2.87. The van der Waals surface area contributed by atoms with Crippen LogP contribution >= 0.6 is 0 Å². The highest BCUT2D eigenvalue weighted by Crippen LogP contribution is 2.58. The third kappa shape index (κ3) is 4.00. The van der Waals surface area contributed by atoms with Crippen molar-refractivity contribution in [3.63, 3.8) is 0 Å². The molecule has 8 nitrogen and oxygen atoms in total. The number of rotatable bonds is 8. The van der Waals surface area contributed by atoms with E-state index in [1.807, 2.05) is 67.3 Å². The molecule has 2 amide bonds. The Hall–Kier alpha value is -2.97. The van der Waals surface area contributed by atoms with E-state index in [-0.39, 0.29) is 31.1 Å². The lowest BCUT2D eigenvalue weighted by molar-refractivity contribution is -0.161. The van der Waals surface area contributed by atoms with E-state index in [0.29, 0.717) is 19.4 Å². The van der Waals surface area contributed by atoms with Crippen LogP contribution in [0, 0.1) is 11.8 Å². The Morgan fingerprint density at radius 3 is 2.50 bits per heavy atom. The van der Waals surface area contributed by atoms with Crippen molar-refractivity contribution >= 4 is 17.8 Å². The number of ether oxygens (including phenoxy) is 2. The quantitative estimate of drug-likeness (QED) is 0.417. The Labute approximate surface area is 224 Å². The molecule has 2 unspecified atom stereocenters. The molecule has 1 spiro atoms. The summed E-state index contributed by atoms with van der Waals surface area (Å²) in [6.45, 7) is 6.21. The Morgan fingerprint density at radius 1 is 1.05 bits per heavy atom. The molecule has 0 bridgehead atoms. The van der Waals surface area contributed by atoms with Crippen molar-refractivity contribution in [1.29, 1.82) is 0 Å². The van der Waals surface area contributed by atoms with Crippen LogP contribution in [-0.4, -0.2) is 81.8 Å². The number of hydrogen-bond acceptors (Lipinski definition) is 6. The molecule has 0 aromatic heterocycles. The molecule has 4 aliphatic heterocycles. The van der Waals surface area contributed by atoms with Gasteiger partial charge in [0, 0.05) is 12.6 Å². The van der Waals surface area contributed by atoms with Crippen molar-refractivity contribution in [3.8, 4) is 0 Å². The van der Waals surface area contributed by atoms with Crippen molar-refractivity contribution < 1.29 is 29.0 Å². The van der Waals surface area contributed by atoms with Crippen molar-refractivity contribution in [1.82, 2.24) is 9.80 Å². The van der Waals surface area contributed by atoms with E-state index in [1.54, 1.807) is 6.08 Å². The fourth-order valence-corrected chi connectivity index (χ4v) is 7.05. The van der Waals surface area contributed by atoms with Crippen LogP contribution in [0.15, 0.2) is 54.6 Å². The van der Waals surface area contributed by atoms with Crippen molar-refractivity contribution in [2.24, 2.45) is 11.8 Å². The standard InChI is InChI=1S/C30H38N2O6/c1-4-11-20(3)31-16-9-15-30-23(24-28(36)37-17-10-14-29(24,5-2)38-30)26(34)32(25(30)27(31)35)22(19-33)18-21-12-7-6-8-13-21/h6-10,12-15,20,22-25,33H,4-5,11,16-19H2,1-3H3/t20?,22-,23+,24-,25?,29+,30+/m1/s1. The van der Waals surface area contributed by atoms with Gasteiger partial charge in [-0.2, -0.15) is 0 Å². The first kappa shape index (κ1) is 26.6. The first-order valence-electron chi connectivity index (χ1n) is 13.8.